The zero-order chi connectivity index (χ0) is 14.9. The molecule has 2 aromatic rings. The topological polar surface area (TPSA) is 103 Å². The first-order valence-corrected chi connectivity index (χ1v) is 7.98. The summed E-state index contributed by atoms with van der Waals surface area (Å²) < 4.78 is 28.4. The first-order valence-electron chi connectivity index (χ1n) is 5.30. The molecule has 0 amide bonds. The molecule has 2 rings (SSSR count). The smallest absolute Gasteiger partial charge is 0.281 e. The molecule has 0 aliphatic rings. The van der Waals surface area contributed by atoms with Crippen molar-refractivity contribution >= 4 is 48.8 Å². The molecule has 1 aromatic heterocycles. The third-order valence-corrected chi connectivity index (χ3v) is 4.90. The molecule has 0 aliphatic heterocycles. The molecular formula is C10H10BrN5O2S2. The number of hydrogen-bond donors (Lipinski definition) is 2. The normalized spacial score (nSPS) is 11.3. The van der Waals surface area contributed by atoms with Gasteiger partial charge in [-0.3, -0.25) is 4.72 Å². The summed E-state index contributed by atoms with van der Waals surface area (Å²) in [7, 11) is -2.38. The van der Waals surface area contributed by atoms with Gasteiger partial charge in [-0.05, 0) is 28.1 Å². The maximum atomic E-state index is 12.4. The summed E-state index contributed by atoms with van der Waals surface area (Å²) in [5, 5.41) is 7.19. The minimum Gasteiger partial charge on any atom is -0.389 e. The maximum Gasteiger partial charge on any atom is 0.281 e. The van der Waals surface area contributed by atoms with Crippen LogP contribution in [0.25, 0.3) is 0 Å². The molecule has 3 N–H and O–H groups in total. The summed E-state index contributed by atoms with van der Waals surface area (Å²) in [6, 6.07) is 6.60. The van der Waals surface area contributed by atoms with E-state index >= 15 is 0 Å². The second-order valence-electron chi connectivity index (χ2n) is 3.82. The van der Waals surface area contributed by atoms with Gasteiger partial charge in [-0.1, -0.05) is 29.6 Å². The summed E-state index contributed by atoms with van der Waals surface area (Å²) in [6.45, 7) is 0. The zero-order valence-electron chi connectivity index (χ0n) is 10.2. The Morgan fingerprint density at radius 1 is 1.45 bits per heavy atom. The van der Waals surface area contributed by atoms with Crippen molar-refractivity contribution in [1.82, 2.24) is 15.0 Å². The van der Waals surface area contributed by atoms with Crippen molar-refractivity contribution in [2.75, 3.05) is 4.72 Å². The highest BCUT2D eigenvalue weighted by atomic mass is 79.9. The molecule has 0 bridgehead atoms. The molecule has 1 aromatic carbocycles. The predicted octanol–water partition coefficient (Wildman–Crippen LogP) is 1.01. The number of thiocarbonyl (C=S) groups is 1. The number of nitrogens with zero attached hydrogens (tertiary/aromatic N) is 3. The van der Waals surface area contributed by atoms with Crippen LogP contribution in [0.5, 0.6) is 0 Å². The van der Waals surface area contributed by atoms with E-state index in [2.05, 4.69) is 31.0 Å². The van der Waals surface area contributed by atoms with Crippen LogP contribution in [0.3, 0.4) is 0 Å². The molecular weight excluding hydrogens is 366 g/mol. The number of benzene rings is 1. The van der Waals surface area contributed by atoms with Crippen molar-refractivity contribution in [1.29, 1.82) is 0 Å². The molecule has 106 valence electrons. The van der Waals surface area contributed by atoms with Gasteiger partial charge >= 0.3 is 0 Å². The van der Waals surface area contributed by atoms with E-state index in [0.29, 0.717) is 11.3 Å². The van der Waals surface area contributed by atoms with E-state index in [1.807, 2.05) is 0 Å². The van der Waals surface area contributed by atoms with Crippen molar-refractivity contribution in [2.45, 2.75) is 5.03 Å². The molecule has 7 nitrogen and oxygen atoms in total. The van der Waals surface area contributed by atoms with Crippen LogP contribution in [0.1, 0.15) is 5.56 Å². The van der Waals surface area contributed by atoms with Crippen LogP contribution in [-0.4, -0.2) is 28.4 Å². The lowest BCUT2D eigenvalue weighted by atomic mass is 10.2. The fraction of sp³-hybridized carbons (Fsp3) is 0.100. The highest BCUT2D eigenvalue weighted by Crippen LogP contribution is 2.23. The number of para-hydroxylation sites is 1. The van der Waals surface area contributed by atoms with Crippen molar-refractivity contribution in [3.05, 3.63) is 34.4 Å². The van der Waals surface area contributed by atoms with Crippen molar-refractivity contribution in [2.24, 2.45) is 12.8 Å². The average molecular weight is 376 g/mol. The van der Waals surface area contributed by atoms with Crippen LogP contribution >= 0.6 is 28.1 Å². The Hall–Kier alpha value is -1.52. The van der Waals surface area contributed by atoms with Gasteiger partial charge in [0.25, 0.3) is 10.0 Å². The molecule has 0 radical (unpaired) electrons. The fourth-order valence-corrected chi connectivity index (χ4v) is 3.94. The Balaban J connectivity index is 2.47. The minimum atomic E-state index is -3.86. The van der Waals surface area contributed by atoms with Crippen molar-refractivity contribution < 1.29 is 8.42 Å². The summed E-state index contributed by atoms with van der Waals surface area (Å²) in [4.78, 5) is 0.102. The number of nitrogens with two attached hydrogens (primary N) is 1. The van der Waals surface area contributed by atoms with E-state index in [4.69, 9.17) is 18.0 Å². The second kappa shape index (κ2) is 5.46. The number of aryl methyl sites for hydroxylation is 1. The molecule has 10 heteroatoms. The van der Waals surface area contributed by atoms with Gasteiger partial charge in [-0.25, -0.2) is 4.68 Å². The average Bonchev–Trinajstić information content (AvgIpc) is 2.69. The summed E-state index contributed by atoms with van der Waals surface area (Å²) in [5.41, 5.74) is 6.31. The van der Waals surface area contributed by atoms with Gasteiger partial charge in [0.05, 0.1) is 5.69 Å². The first kappa shape index (κ1) is 14.9. The first-order chi connectivity index (χ1) is 9.33. The van der Waals surface area contributed by atoms with E-state index in [-0.39, 0.29) is 14.6 Å². The van der Waals surface area contributed by atoms with Crippen LogP contribution < -0.4 is 10.5 Å². The summed E-state index contributed by atoms with van der Waals surface area (Å²) >= 11 is 7.94. The third-order valence-electron chi connectivity index (χ3n) is 2.43. The standard InChI is InChI=1S/C10H10BrN5O2S2/c1-16-10(8(11)13-15-16)20(17,18)14-7-5-3-2-4-6(7)9(12)19/h2-5,14H,1H3,(H2,12,19). The lowest BCUT2D eigenvalue weighted by Gasteiger charge is -2.11. The molecule has 0 atom stereocenters. The van der Waals surface area contributed by atoms with Crippen LogP contribution in [0.4, 0.5) is 5.69 Å². The Bertz CT molecular complexity index is 752. The van der Waals surface area contributed by atoms with E-state index in [1.165, 1.54) is 7.05 Å². The van der Waals surface area contributed by atoms with E-state index < -0.39 is 10.0 Å². The third kappa shape index (κ3) is 2.81. The second-order valence-corrected chi connectivity index (χ2v) is 6.61. The maximum absolute atomic E-state index is 12.4. The monoisotopic (exact) mass is 375 g/mol. The Morgan fingerprint density at radius 2 is 2.10 bits per heavy atom. The number of hydrogen-bond acceptors (Lipinski definition) is 5. The minimum absolute atomic E-state index is 0.0877. The molecule has 0 saturated carbocycles. The molecule has 20 heavy (non-hydrogen) atoms. The lowest BCUT2D eigenvalue weighted by molar-refractivity contribution is 0.578. The molecule has 1 heterocycles. The van der Waals surface area contributed by atoms with Gasteiger partial charge in [0.1, 0.15) is 4.99 Å². The van der Waals surface area contributed by atoms with Crippen LogP contribution in [0.2, 0.25) is 0 Å². The van der Waals surface area contributed by atoms with Crippen molar-refractivity contribution in [3.63, 3.8) is 0 Å². The predicted molar refractivity (Wildman–Crippen MR) is 81.8 cm³/mol. The van der Waals surface area contributed by atoms with Crippen LogP contribution in [-0.2, 0) is 17.1 Å². The summed E-state index contributed by atoms with van der Waals surface area (Å²) in [6.07, 6.45) is 0. The van der Waals surface area contributed by atoms with Gasteiger partial charge in [0.15, 0.2) is 4.60 Å². The van der Waals surface area contributed by atoms with Crippen LogP contribution in [0, 0.1) is 0 Å². The number of anilines is 1. The van der Waals surface area contributed by atoms with Crippen molar-refractivity contribution in [3.8, 4) is 0 Å². The van der Waals surface area contributed by atoms with E-state index in [1.54, 1.807) is 24.3 Å². The zero-order valence-corrected chi connectivity index (χ0v) is 13.5. The Labute approximate surface area is 129 Å². The fourth-order valence-electron chi connectivity index (χ4n) is 1.59. The lowest BCUT2D eigenvalue weighted by Crippen LogP contribution is -2.20. The number of nitrogens with one attached hydrogen (secondary N) is 1. The molecule has 0 unspecified atom stereocenters. The molecule has 0 fully saturated rings. The van der Waals surface area contributed by atoms with Gasteiger partial charge in [0.2, 0.25) is 5.03 Å². The van der Waals surface area contributed by atoms with Crippen LogP contribution in [0.15, 0.2) is 33.9 Å². The SMILES string of the molecule is Cn1nnc(Br)c1S(=O)(=O)Nc1ccccc1C(N)=S. The Morgan fingerprint density at radius 3 is 2.65 bits per heavy atom. The van der Waals surface area contributed by atoms with E-state index in [9.17, 15) is 8.42 Å². The van der Waals surface area contributed by atoms with Gasteiger partial charge in [-0.15, -0.1) is 5.10 Å². The number of halogens is 1. The van der Waals surface area contributed by atoms with Gasteiger partial charge in [0, 0.05) is 12.6 Å². The largest absolute Gasteiger partial charge is 0.389 e. The van der Waals surface area contributed by atoms with Gasteiger partial charge in [-0.2, -0.15) is 8.42 Å². The summed E-state index contributed by atoms with van der Waals surface area (Å²) in [5.74, 6) is 0. The van der Waals surface area contributed by atoms with E-state index in [0.717, 1.165) is 4.68 Å². The quantitative estimate of drug-likeness (QED) is 0.773. The highest BCUT2D eigenvalue weighted by Gasteiger charge is 2.24. The molecule has 0 saturated heterocycles. The Kier molecular flexibility index (Phi) is 4.06. The molecule has 0 spiro atoms. The highest BCUT2D eigenvalue weighted by molar-refractivity contribution is 9.10. The van der Waals surface area contributed by atoms with Gasteiger partial charge < -0.3 is 5.73 Å². The molecule has 0 aliphatic carbocycles. The number of aromatic nitrogens is 3. The number of sulfonamides is 1. The number of rotatable bonds is 4.